The molecule has 0 unspecified atom stereocenters. The van der Waals surface area contributed by atoms with Crippen molar-refractivity contribution in [1.29, 1.82) is 0 Å². The first-order valence-electron chi connectivity index (χ1n) is 5.64. The van der Waals surface area contributed by atoms with Crippen LogP contribution in [0.3, 0.4) is 0 Å². The van der Waals surface area contributed by atoms with Gasteiger partial charge in [0.25, 0.3) is 0 Å². The molecule has 0 aliphatic heterocycles. The van der Waals surface area contributed by atoms with Crippen molar-refractivity contribution in [2.45, 2.75) is 46.0 Å². The van der Waals surface area contributed by atoms with E-state index < -0.39 is 5.41 Å². The molecule has 0 saturated heterocycles. The summed E-state index contributed by atoms with van der Waals surface area (Å²) >= 11 is 0. The zero-order chi connectivity index (χ0) is 10.3. The van der Waals surface area contributed by atoms with Gasteiger partial charge >= 0.3 is 0 Å². The quantitative estimate of drug-likeness (QED) is 0.555. The van der Waals surface area contributed by atoms with E-state index in [4.69, 9.17) is 0 Å². The predicted octanol–water partition coefficient (Wildman–Crippen LogP) is 2.36. The highest BCUT2D eigenvalue weighted by atomic mass is 16.2. The molecule has 2 nitrogen and oxygen atoms in total. The zero-order valence-electron chi connectivity index (χ0n) is 9.01. The summed E-state index contributed by atoms with van der Waals surface area (Å²) in [7, 11) is 0. The molecule has 2 rings (SSSR count). The van der Waals surface area contributed by atoms with E-state index in [9.17, 15) is 9.59 Å². The summed E-state index contributed by atoms with van der Waals surface area (Å²) < 4.78 is 0. The van der Waals surface area contributed by atoms with Crippen molar-refractivity contribution in [3.05, 3.63) is 0 Å². The SMILES string of the molecule is C[C@H]1CCC[C@]2(C1)C(=O)C[C@@H](C)C2=O. The molecular weight excluding hydrogens is 176 g/mol. The van der Waals surface area contributed by atoms with Crippen LogP contribution in [0.4, 0.5) is 0 Å². The van der Waals surface area contributed by atoms with E-state index >= 15 is 0 Å². The van der Waals surface area contributed by atoms with Gasteiger partial charge in [0.15, 0.2) is 0 Å². The van der Waals surface area contributed by atoms with E-state index in [0.29, 0.717) is 12.3 Å². The maximum atomic E-state index is 12.0. The Morgan fingerprint density at radius 2 is 2.00 bits per heavy atom. The Labute approximate surface area is 85.1 Å². The summed E-state index contributed by atoms with van der Waals surface area (Å²) in [5.41, 5.74) is -0.545. The number of carbonyl (C=O) groups excluding carboxylic acids is 2. The van der Waals surface area contributed by atoms with Gasteiger partial charge in [-0.05, 0) is 18.8 Å². The highest BCUT2D eigenvalue weighted by molar-refractivity contribution is 6.14. The van der Waals surface area contributed by atoms with Crippen molar-refractivity contribution in [2.24, 2.45) is 17.3 Å². The Morgan fingerprint density at radius 1 is 1.29 bits per heavy atom. The Bertz CT molecular complexity index is 282. The average Bonchev–Trinajstić information content (AvgIpc) is 2.32. The lowest BCUT2D eigenvalue weighted by Crippen LogP contribution is -2.38. The van der Waals surface area contributed by atoms with Crippen molar-refractivity contribution in [1.82, 2.24) is 0 Å². The van der Waals surface area contributed by atoms with Crippen LogP contribution in [0.15, 0.2) is 0 Å². The minimum absolute atomic E-state index is 0.0206. The van der Waals surface area contributed by atoms with Crippen LogP contribution in [0, 0.1) is 17.3 Å². The Kier molecular flexibility index (Phi) is 2.24. The second-order valence-electron chi connectivity index (χ2n) is 5.18. The van der Waals surface area contributed by atoms with Gasteiger partial charge in [-0.25, -0.2) is 0 Å². The normalized spacial score (nSPS) is 43.6. The van der Waals surface area contributed by atoms with Crippen LogP contribution in [0.5, 0.6) is 0 Å². The summed E-state index contributed by atoms with van der Waals surface area (Å²) in [6.45, 7) is 4.05. The lowest BCUT2D eigenvalue weighted by atomic mass is 9.67. The number of Topliss-reactive ketones (excluding diaryl/α,β-unsaturated/α-hetero) is 2. The molecule has 0 aromatic carbocycles. The summed E-state index contributed by atoms with van der Waals surface area (Å²) in [5, 5.41) is 0. The first-order valence-corrected chi connectivity index (χ1v) is 5.64. The van der Waals surface area contributed by atoms with Crippen LogP contribution >= 0.6 is 0 Å². The molecule has 2 fully saturated rings. The van der Waals surface area contributed by atoms with E-state index in [1.807, 2.05) is 6.92 Å². The Morgan fingerprint density at radius 3 is 2.50 bits per heavy atom. The molecule has 3 atom stereocenters. The van der Waals surface area contributed by atoms with E-state index in [2.05, 4.69) is 6.92 Å². The molecule has 0 bridgehead atoms. The van der Waals surface area contributed by atoms with Crippen LogP contribution < -0.4 is 0 Å². The lowest BCUT2D eigenvalue weighted by molar-refractivity contribution is -0.138. The van der Waals surface area contributed by atoms with Gasteiger partial charge in [-0.2, -0.15) is 0 Å². The monoisotopic (exact) mass is 194 g/mol. The van der Waals surface area contributed by atoms with Gasteiger partial charge in [0.1, 0.15) is 11.6 Å². The molecule has 0 amide bonds. The van der Waals surface area contributed by atoms with Gasteiger partial charge in [0, 0.05) is 12.3 Å². The fourth-order valence-electron chi connectivity index (χ4n) is 3.20. The number of rotatable bonds is 0. The second-order valence-corrected chi connectivity index (χ2v) is 5.18. The first kappa shape index (κ1) is 9.88. The largest absolute Gasteiger partial charge is 0.299 e. The molecule has 0 aromatic rings. The Balaban J connectivity index is 2.29. The molecule has 0 radical (unpaired) electrons. The fraction of sp³-hybridized carbons (Fsp3) is 0.833. The minimum atomic E-state index is -0.545. The molecule has 2 aliphatic carbocycles. The number of hydrogen-bond donors (Lipinski definition) is 0. The lowest BCUT2D eigenvalue weighted by Gasteiger charge is -2.34. The third-order valence-electron chi connectivity index (χ3n) is 3.94. The molecule has 2 heteroatoms. The Hall–Kier alpha value is -0.660. The summed E-state index contributed by atoms with van der Waals surface area (Å²) in [6.07, 6.45) is 4.35. The third-order valence-corrected chi connectivity index (χ3v) is 3.94. The van der Waals surface area contributed by atoms with Gasteiger partial charge in [-0.3, -0.25) is 9.59 Å². The summed E-state index contributed by atoms with van der Waals surface area (Å²) in [4.78, 5) is 23.9. The number of hydrogen-bond acceptors (Lipinski definition) is 2. The van der Waals surface area contributed by atoms with Crippen molar-refractivity contribution < 1.29 is 9.59 Å². The van der Waals surface area contributed by atoms with Crippen LogP contribution in [0.2, 0.25) is 0 Å². The zero-order valence-corrected chi connectivity index (χ0v) is 9.01. The smallest absolute Gasteiger partial charge is 0.149 e. The highest BCUT2D eigenvalue weighted by Crippen LogP contribution is 2.47. The van der Waals surface area contributed by atoms with Gasteiger partial charge in [0.05, 0.1) is 5.41 Å². The van der Waals surface area contributed by atoms with Gasteiger partial charge < -0.3 is 0 Å². The van der Waals surface area contributed by atoms with E-state index in [1.54, 1.807) is 0 Å². The predicted molar refractivity (Wildman–Crippen MR) is 53.9 cm³/mol. The molecule has 0 aromatic heterocycles. The molecule has 78 valence electrons. The van der Waals surface area contributed by atoms with Crippen molar-refractivity contribution in [3.8, 4) is 0 Å². The van der Waals surface area contributed by atoms with Crippen molar-refractivity contribution >= 4 is 11.6 Å². The van der Waals surface area contributed by atoms with Crippen LogP contribution in [0.25, 0.3) is 0 Å². The second kappa shape index (κ2) is 3.18. The molecule has 2 saturated carbocycles. The summed E-state index contributed by atoms with van der Waals surface area (Å²) in [5.74, 6) is 0.977. The van der Waals surface area contributed by atoms with Crippen molar-refractivity contribution in [2.75, 3.05) is 0 Å². The first-order chi connectivity index (χ1) is 6.56. The number of carbonyl (C=O) groups is 2. The van der Waals surface area contributed by atoms with Crippen molar-refractivity contribution in [3.63, 3.8) is 0 Å². The average molecular weight is 194 g/mol. The minimum Gasteiger partial charge on any atom is -0.299 e. The molecule has 2 aliphatic rings. The molecule has 1 spiro atoms. The van der Waals surface area contributed by atoms with Crippen LogP contribution in [0.1, 0.15) is 46.0 Å². The van der Waals surface area contributed by atoms with E-state index in [-0.39, 0.29) is 17.5 Å². The van der Waals surface area contributed by atoms with Crippen LogP contribution in [-0.4, -0.2) is 11.6 Å². The van der Waals surface area contributed by atoms with Crippen LogP contribution in [-0.2, 0) is 9.59 Å². The van der Waals surface area contributed by atoms with E-state index in [0.717, 1.165) is 19.3 Å². The molecule has 14 heavy (non-hydrogen) atoms. The topological polar surface area (TPSA) is 34.1 Å². The summed E-state index contributed by atoms with van der Waals surface area (Å²) in [6, 6.07) is 0. The standard InChI is InChI=1S/C12H18O2/c1-8-4-3-5-12(7-8)10(13)6-9(2)11(12)14/h8-9H,3-7H2,1-2H3/t8-,9+,12-/m0/s1. The molecule has 0 N–H and O–H groups in total. The molecule has 0 heterocycles. The molecular formula is C12H18O2. The van der Waals surface area contributed by atoms with E-state index in [1.165, 1.54) is 6.42 Å². The maximum Gasteiger partial charge on any atom is 0.149 e. The van der Waals surface area contributed by atoms with Gasteiger partial charge in [0.2, 0.25) is 0 Å². The van der Waals surface area contributed by atoms with Gasteiger partial charge in [-0.1, -0.05) is 26.7 Å². The number of ketones is 2. The maximum absolute atomic E-state index is 12.0. The third kappa shape index (κ3) is 1.23. The fourth-order valence-corrected chi connectivity index (χ4v) is 3.20. The van der Waals surface area contributed by atoms with Gasteiger partial charge in [-0.15, -0.1) is 0 Å². The highest BCUT2D eigenvalue weighted by Gasteiger charge is 2.53.